The van der Waals surface area contributed by atoms with Crippen molar-refractivity contribution in [2.24, 2.45) is 23.3 Å². The molecule has 1 aromatic carbocycles. The summed E-state index contributed by atoms with van der Waals surface area (Å²) in [5, 5.41) is 3.01. The summed E-state index contributed by atoms with van der Waals surface area (Å²) < 4.78 is 0. The molecular weight excluding hydrogens is 306 g/mol. The maximum atomic E-state index is 12.5. The minimum atomic E-state index is -0.704. The van der Waals surface area contributed by atoms with Crippen LogP contribution >= 0.6 is 0 Å². The molecular formula is C18H25N3O3. The van der Waals surface area contributed by atoms with E-state index in [1.54, 1.807) is 0 Å². The summed E-state index contributed by atoms with van der Waals surface area (Å²) in [6.45, 7) is 4.40. The summed E-state index contributed by atoms with van der Waals surface area (Å²) in [6, 6.07) is 4.20. The van der Waals surface area contributed by atoms with Gasteiger partial charge in [-0.05, 0) is 42.9 Å². The molecule has 1 aliphatic carbocycles. The minimum Gasteiger partial charge on any atom is -0.366 e. The third-order valence-corrected chi connectivity index (χ3v) is 4.76. The van der Waals surface area contributed by atoms with Gasteiger partial charge in [0.25, 0.3) is 5.91 Å². The fraction of sp³-hybridized carbons (Fsp3) is 0.500. The van der Waals surface area contributed by atoms with Gasteiger partial charge < -0.3 is 16.8 Å². The van der Waals surface area contributed by atoms with Crippen molar-refractivity contribution in [3.63, 3.8) is 0 Å². The molecule has 5 N–H and O–H groups in total. The van der Waals surface area contributed by atoms with Gasteiger partial charge in [0.1, 0.15) is 0 Å². The number of nitrogens with two attached hydrogens (primary N) is 2. The zero-order valence-electron chi connectivity index (χ0n) is 14.2. The third-order valence-electron chi connectivity index (χ3n) is 4.76. The van der Waals surface area contributed by atoms with Crippen molar-refractivity contribution < 1.29 is 14.4 Å². The maximum Gasteiger partial charge on any atom is 0.251 e. The van der Waals surface area contributed by atoms with Gasteiger partial charge in [-0.25, -0.2) is 0 Å². The van der Waals surface area contributed by atoms with Crippen LogP contribution in [0.5, 0.6) is 0 Å². The molecule has 0 aromatic heterocycles. The molecule has 130 valence electrons. The molecule has 1 aliphatic rings. The number of benzene rings is 1. The van der Waals surface area contributed by atoms with Crippen LogP contribution in [0.3, 0.4) is 0 Å². The second-order valence-corrected chi connectivity index (χ2v) is 6.87. The number of carbonyl (C=O) groups is 3. The van der Waals surface area contributed by atoms with E-state index >= 15 is 0 Å². The predicted octanol–water partition coefficient (Wildman–Crippen LogP) is 1.83. The normalized spacial score (nSPS) is 20.6. The zero-order chi connectivity index (χ0) is 17.9. The lowest BCUT2D eigenvalue weighted by molar-refractivity contribution is 0.0913. The molecule has 6 nitrogen and oxygen atoms in total. The SMILES string of the molecule is CC(C)C1CCCC(NC(=O)c2cc(C(N)=O)cc(C(N)=O)c2)C1. The highest BCUT2D eigenvalue weighted by Crippen LogP contribution is 2.30. The van der Waals surface area contributed by atoms with Crippen LogP contribution in [0.2, 0.25) is 0 Å². The van der Waals surface area contributed by atoms with Crippen molar-refractivity contribution >= 4 is 17.7 Å². The highest BCUT2D eigenvalue weighted by Gasteiger charge is 2.25. The van der Waals surface area contributed by atoms with Crippen LogP contribution in [0.15, 0.2) is 18.2 Å². The van der Waals surface area contributed by atoms with E-state index in [0.29, 0.717) is 11.8 Å². The minimum absolute atomic E-state index is 0.0974. The molecule has 2 atom stereocenters. The van der Waals surface area contributed by atoms with Crippen molar-refractivity contribution in [3.8, 4) is 0 Å². The van der Waals surface area contributed by atoms with Gasteiger partial charge >= 0.3 is 0 Å². The fourth-order valence-corrected chi connectivity index (χ4v) is 3.28. The molecule has 0 bridgehead atoms. The van der Waals surface area contributed by atoms with Crippen molar-refractivity contribution in [2.75, 3.05) is 0 Å². The number of rotatable bonds is 5. The topological polar surface area (TPSA) is 115 Å². The Hall–Kier alpha value is -2.37. The van der Waals surface area contributed by atoms with Gasteiger partial charge in [0.05, 0.1) is 0 Å². The van der Waals surface area contributed by atoms with Gasteiger partial charge in [-0.2, -0.15) is 0 Å². The molecule has 2 unspecified atom stereocenters. The Morgan fingerprint density at radius 1 is 1.00 bits per heavy atom. The van der Waals surface area contributed by atoms with E-state index < -0.39 is 11.8 Å². The van der Waals surface area contributed by atoms with Gasteiger partial charge in [0, 0.05) is 22.7 Å². The van der Waals surface area contributed by atoms with E-state index in [1.807, 2.05) is 0 Å². The van der Waals surface area contributed by atoms with Crippen molar-refractivity contribution in [2.45, 2.75) is 45.6 Å². The average molecular weight is 331 g/mol. The summed E-state index contributed by atoms with van der Waals surface area (Å²) in [7, 11) is 0. The van der Waals surface area contributed by atoms with E-state index in [-0.39, 0.29) is 28.6 Å². The summed E-state index contributed by atoms with van der Waals surface area (Å²) >= 11 is 0. The van der Waals surface area contributed by atoms with Crippen molar-refractivity contribution in [1.82, 2.24) is 5.32 Å². The summed E-state index contributed by atoms with van der Waals surface area (Å²) in [6.07, 6.45) is 4.16. The molecule has 6 heteroatoms. The van der Waals surface area contributed by atoms with Crippen LogP contribution in [0.4, 0.5) is 0 Å². The highest BCUT2D eigenvalue weighted by atomic mass is 16.2. The molecule has 0 aliphatic heterocycles. The van der Waals surface area contributed by atoms with E-state index in [4.69, 9.17) is 11.5 Å². The van der Waals surface area contributed by atoms with E-state index in [9.17, 15) is 14.4 Å². The molecule has 3 amide bonds. The van der Waals surface area contributed by atoms with Crippen molar-refractivity contribution in [1.29, 1.82) is 0 Å². The molecule has 0 spiro atoms. The second kappa shape index (κ2) is 7.47. The van der Waals surface area contributed by atoms with Gasteiger partial charge in [-0.3, -0.25) is 14.4 Å². The Bertz CT molecular complexity index is 623. The largest absolute Gasteiger partial charge is 0.366 e. The highest BCUT2D eigenvalue weighted by molar-refractivity contribution is 6.03. The summed E-state index contributed by atoms with van der Waals surface area (Å²) in [5.74, 6) is -0.532. The smallest absolute Gasteiger partial charge is 0.251 e. The van der Waals surface area contributed by atoms with Gasteiger partial charge in [-0.1, -0.05) is 26.7 Å². The summed E-state index contributed by atoms with van der Waals surface area (Å²) in [4.78, 5) is 35.3. The van der Waals surface area contributed by atoms with Crippen LogP contribution in [0.25, 0.3) is 0 Å². The number of amides is 3. The Morgan fingerprint density at radius 3 is 2.04 bits per heavy atom. The lowest BCUT2D eigenvalue weighted by Gasteiger charge is -2.32. The number of nitrogens with one attached hydrogen (secondary N) is 1. The lowest BCUT2D eigenvalue weighted by atomic mass is 9.79. The average Bonchev–Trinajstić information content (AvgIpc) is 2.54. The maximum absolute atomic E-state index is 12.5. The van der Waals surface area contributed by atoms with Crippen molar-refractivity contribution in [3.05, 3.63) is 34.9 Å². The van der Waals surface area contributed by atoms with E-state index in [0.717, 1.165) is 19.3 Å². The van der Waals surface area contributed by atoms with Crippen LogP contribution in [0, 0.1) is 11.8 Å². The standard InChI is InChI=1S/C18H25N3O3/c1-10(2)11-4-3-5-15(9-11)21-18(24)14-7-12(16(19)22)6-13(8-14)17(20)23/h6-8,10-11,15H,3-5,9H2,1-2H3,(H2,19,22)(H2,20,23)(H,21,24). The molecule has 1 aromatic rings. The fourth-order valence-electron chi connectivity index (χ4n) is 3.28. The first-order valence-electron chi connectivity index (χ1n) is 8.33. The Kier molecular flexibility index (Phi) is 5.59. The molecule has 1 fully saturated rings. The third kappa shape index (κ3) is 4.34. The molecule has 0 radical (unpaired) electrons. The molecule has 1 saturated carbocycles. The Morgan fingerprint density at radius 2 is 1.54 bits per heavy atom. The van der Waals surface area contributed by atoms with Crippen LogP contribution in [-0.4, -0.2) is 23.8 Å². The molecule has 2 rings (SSSR count). The lowest BCUT2D eigenvalue weighted by Crippen LogP contribution is -2.39. The molecule has 24 heavy (non-hydrogen) atoms. The van der Waals surface area contributed by atoms with E-state index in [2.05, 4.69) is 19.2 Å². The zero-order valence-corrected chi connectivity index (χ0v) is 14.2. The molecule has 0 saturated heterocycles. The Labute approximate surface area is 142 Å². The van der Waals surface area contributed by atoms with Gasteiger partial charge in [0.2, 0.25) is 11.8 Å². The van der Waals surface area contributed by atoms with Crippen LogP contribution in [-0.2, 0) is 0 Å². The quantitative estimate of drug-likeness (QED) is 0.764. The molecule has 0 heterocycles. The Balaban J connectivity index is 2.17. The predicted molar refractivity (Wildman–Crippen MR) is 91.5 cm³/mol. The van der Waals surface area contributed by atoms with Crippen LogP contribution in [0.1, 0.15) is 70.6 Å². The number of carbonyl (C=O) groups excluding carboxylic acids is 3. The number of primary amides is 2. The van der Waals surface area contributed by atoms with Crippen LogP contribution < -0.4 is 16.8 Å². The van der Waals surface area contributed by atoms with Gasteiger partial charge in [-0.15, -0.1) is 0 Å². The monoisotopic (exact) mass is 331 g/mol. The summed E-state index contributed by atoms with van der Waals surface area (Å²) in [5.41, 5.74) is 11.0. The van der Waals surface area contributed by atoms with Gasteiger partial charge in [0.15, 0.2) is 0 Å². The first-order chi connectivity index (χ1) is 11.3. The van der Waals surface area contributed by atoms with E-state index in [1.165, 1.54) is 24.6 Å². The first kappa shape index (κ1) is 18.0. The second-order valence-electron chi connectivity index (χ2n) is 6.87. The number of hydrogen-bond acceptors (Lipinski definition) is 3. The number of hydrogen-bond donors (Lipinski definition) is 3. The first-order valence-corrected chi connectivity index (χ1v) is 8.33.